The summed E-state index contributed by atoms with van der Waals surface area (Å²) in [5, 5.41) is 3.21. The summed E-state index contributed by atoms with van der Waals surface area (Å²) >= 11 is 0. The second-order valence-electron chi connectivity index (χ2n) is 4.70. The molecule has 0 atom stereocenters. The van der Waals surface area contributed by atoms with Crippen LogP contribution in [0.2, 0.25) is 0 Å². The van der Waals surface area contributed by atoms with E-state index in [2.05, 4.69) is 17.3 Å². The third-order valence-corrected chi connectivity index (χ3v) is 3.38. The fourth-order valence-electron chi connectivity index (χ4n) is 2.26. The molecule has 0 bridgehead atoms. The highest BCUT2D eigenvalue weighted by atomic mass is 15.1. The maximum absolute atomic E-state index is 3.21. The van der Waals surface area contributed by atoms with Gasteiger partial charge in [0.25, 0.3) is 0 Å². The first-order valence-corrected chi connectivity index (χ1v) is 6.16. The Morgan fingerprint density at radius 3 is 2.50 bits per heavy atom. The van der Waals surface area contributed by atoms with E-state index in [9.17, 15) is 0 Å². The van der Waals surface area contributed by atoms with Crippen LogP contribution in [0.1, 0.15) is 38.5 Å². The van der Waals surface area contributed by atoms with Crippen molar-refractivity contribution in [3.05, 3.63) is 0 Å². The predicted octanol–water partition coefficient (Wildman–Crippen LogP) is 2.11. The lowest BCUT2D eigenvalue weighted by Crippen LogP contribution is -2.30. The summed E-state index contributed by atoms with van der Waals surface area (Å²) in [7, 11) is 4.28. The predicted molar refractivity (Wildman–Crippen MR) is 62.6 cm³/mol. The van der Waals surface area contributed by atoms with E-state index < -0.39 is 0 Å². The maximum Gasteiger partial charge on any atom is -0.00191 e. The number of hydrogen-bond acceptors (Lipinski definition) is 2. The van der Waals surface area contributed by atoms with Gasteiger partial charge in [0.15, 0.2) is 0 Å². The molecule has 1 aliphatic heterocycles. The van der Waals surface area contributed by atoms with Crippen LogP contribution in [0.4, 0.5) is 0 Å². The van der Waals surface area contributed by atoms with Crippen molar-refractivity contribution >= 4 is 0 Å². The van der Waals surface area contributed by atoms with Crippen molar-refractivity contribution < 1.29 is 0 Å². The van der Waals surface area contributed by atoms with Crippen molar-refractivity contribution in [1.29, 1.82) is 0 Å². The van der Waals surface area contributed by atoms with E-state index in [-0.39, 0.29) is 0 Å². The molecule has 84 valence electrons. The van der Waals surface area contributed by atoms with Crippen LogP contribution < -0.4 is 5.32 Å². The Morgan fingerprint density at radius 2 is 1.86 bits per heavy atom. The van der Waals surface area contributed by atoms with Crippen molar-refractivity contribution in [1.82, 2.24) is 10.2 Å². The average Bonchev–Trinajstić information content (AvgIpc) is 2.21. The van der Waals surface area contributed by atoms with Crippen molar-refractivity contribution in [2.75, 3.05) is 33.7 Å². The van der Waals surface area contributed by atoms with Crippen LogP contribution >= 0.6 is 0 Å². The third-order valence-electron chi connectivity index (χ3n) is 3.38. The smallest absolute Gasteiger partial charge is 0.00191 e. The van der Waals surface area contributed by atoms with Gasteiger partial charge in [-0.3, -0.25) is 0 Å². The maximum atomic E-state index is 3.21. The van der Waals surface area contributed by atoms with Crippen LogP contribution in [-0.2, 0) is 0 Å². The van der Waals surface area contributed by atoms with Gasteiger partial charge >= 0.3 is 0 Å². The molecule has 1 heterocycles. The molecule has 1 aliphatic rings. The van der Waals surface area contributed by atoms with Crippen molar-refractivity contribution in [3.63, 3.8) is 0 Å². The number of nitrogens with one attached hydrogen (secondary N) is 1. The molecule has 0 saturated carbocycles. The lowest BCUT2D eigenvalue weighted by molar-refractivity contribution is 0.209. The van der Waals surface area contributed by atoms with Crippen molar-refractivity contribution in [3.8, 4) is 0 Å². The molecule has 2 nitrogen and oxygen atoms in total. The zero-order valence-electron chi connectivity index (χ0n) is 9.89. The van der Waals surface area contributed by atoms with Crippen LogP contribution in [0.5, 0.6) is 0 Å². The quantitative estimate of drug-likeness (QED) is 0.658. The standard InChI is InChI=1S/C12H26N2/c1-13-9-5-3-4-6-12-7-10-14(2)11-8-12/h12-13H,3-11H2,1-2H3. The molecule has 0 aliphatic carbocycles. The SMILES string of the molecule is CNCCCCCC1CCN(C)CC1. The molecular weight excluding hydrogens is 172 g/mol. The highest BCUT2D eigenvalue weighted by molar-refractivity contribution is 4.69. The van der Waals surface area contributed by atoms with E-state index in [1.54, 1.807) is 0 Å². The normalized spacial score (nSPS) is 20.1. The fourth-order valence-corrected chi connectivity index (χ4v) is 2.26. The molecule has 1 rings (SSSR count). The summed E-state index contributed by atoms with van der Waals surface area (Å²) in [6.07, 6.45) is 8.54. The summed E-state index contributed by atoms with van der Waals surface area (Å²) in [6, 6.07) is 0. The van der Waals surface area contributed by atoms with E-state index in [0.717, 1.165) is 5.92 Å². The molecule has 0 aromatic carbocycles. The van der Waals surface area contributed by atoms with E-state index in [1.807, 2.05) is 7.05 Å². The third kappa shape index (κ3) is 4.97. The topological polar surface area (TPSA) is 15.3 Å². The van der Waals surface area contributed by atoms with Gasteiger partial charge in [0, 0.05) is 0 Å². The molecular formula is C12H26N2. The molecule has 2 heteroatoms. The van der Waals surface area contributed by atoms with Gasteiger partial charge in [0.2, 0.25) is 0 Å². The molecule has 0 unspecified atom stereocenters. The number of piperidine rings is 1. The molecule has 14 heavy (non-hydrogen) atoms. The number of rotatable bonds is 6. The monoisotopic (exact) mass is 198 g/mol. The van der Waals surface area contributed by atoms with Crippen molar-refractivity contribution in [2.24, 2.45) is 5.92 Å². The van der Waals surface area contributed by atoms with Gasteiger partial charge in [-0.1, -0.05) is 19.3 Å². The lowest BCUT2D eigenvalue weighted by atomic mass is 9.91. The summed E-state index contributed by atoms with van der Waals surface area (Å²) < 4.78 is 0. The second kappa shape index (κ2) is 7.24. The Bertz CT molecular complexity index is 128. The van der Waals surface area contributed by atoms with Crippen LogP contribution in [0.3, 0.4) is 0 Å². The minimum absolute atomic E-state index is 1.03. The van der Waals surface area contributed by atoms with E-state index >= 15 is 0 Å². The molecule has 0 radical (unpaired) electrons. The summed E-state index contributed by atoms with van der Waals surface area (Å²) in [4.78, 5) is 2.46. The highest BCUT2D eigenvalue weighted by Crippen LogP contribution is 2.21. The van der Waals surface area contributed by atoms with Gasteiger partial charge in [0.1, 0.15) is 0 Å². The summed E-state index contributed by atoms with van der Waals surface area (Å²) in [5.74, 6) is 1.03. The van der Waals surface area contributed by atoms with Crippen LogP contribution in [0.15, 0.2) is 0 Å². The van der Waals surface area contributed by atoms with Crippen LogP contribution in [-0.4, -0.2) is 38.6 Å². The lowest BCUT2D eigenvalue weighted by Gasteiger charge is -2.28. The number of likely N-dealkylation sites (tertiary alicyclic amines) is 1. The second-order valence-corrected chi connectivity index (χ2v) is 4.70. The minimum atomic E-state index is 1.03. The molecule has 1 saturated heterocycles. The first-order chi connectivity index (χ1) is 6.83. The van der Waals surface area contributed by atoms with Crippen LogP contribution in [0, 0.1) is 5.92 Å². The molecule has 0 amide bonds. The largest absolute Gasteiger partial charge is 0.320 e. The number of nitrogens with zero attached hydrogens (tertiary/aromatic N) is 1. The first-order valence-electron chi connectivity index (χ1n) is 6.16. The Kier molecular flexibility index (Phi) is 6.20. The molecule has 0 spiro atoms. The first kappa shape index (κ1) is 12.0. The van der Waals surface area contributed by atoms with E-state index in [4.69, 9.17) is 0 Å². The fraction of sp³-hybridized carbons (Fsp3) is 1.00. The van der Waals surface area contributed by atoms with Gasteiger partial charge in [-0.2, -0.15) is 0 Å². The van der Waals surface area contributed by atoms with Gasteiger partial charge < -0.3 is 10.2 Å². The van der Waals surface area contributed by atoms with E-state index in [1.165, 1.54) is 58.2 Å². The van der Waals surface area contributed by atoms with E-state index in [0.29, 0.717) is 0 Å². The van der Waals surface area contributed by atoms with Gasteiger partial charge in [-0.25, -0.2) is 0 Å². The minimum Gasteiger partial charge on any atom is -0.320 e. The molecule has 0 aromatic rings. The van der Waals surface area contributed by atoms with Crippen molar-refractivity contribution in [2.45, 2.75) is 38.5 Å². The summed E-state index contributed by atoms with van der Waals surface area (Å²) in [6.45, 7) is 3.83. The number of unbranched alkanes of at least 4 members (excludes halogenated alkanes) is 2. The number of hydrogen-bond donors (Lipinski definition) is 1. The Labute approximate surface area is 89.1 Å². The Hall–Kier alpha value is -0.0800. The molecule has 1 fully saturated rings. The molecule has 1 N–H and O–H groups in total. The molecule has 0 aromatic heterocycles. The Balaban J connectivity index is 1.91. The summed E-state index contributed by atoms with van der Waals surface area (Å²) in [5.41, 5.74) is 0. The van der Waals surface area contributed by atoms with Gasteiger partial charge in [-0.15, -0.1) is 0 Å². The zero-order valence-corrected chi connectivity index (χ0v) is 9.89. The average molecular weight is 198 g/mol. The zero-order chi connectivity index (χ0) is 10.2. The van der Waals surface area contributed by atoms with Crippen LogP contribution in [0.25, 0.3) is 0 Å². The van der Waals surface area contributed by atoms with Gasteiger partial charge in [-0.05, 0) is 58.9 Å². The van der Waals surface area contributed by atoms with Gasteiger partial charge in [0.05, 0.1) is 0 Å². The highest BCUT2D eigenvalue weighted by Gasteiger charge is 2.15. The Morgan fingerprint density at radius 1 is 1.14 bits per heavy atom.